The average Bonchev–Trinajstić information content (AvgIpc) is 2.86. The number of rotatable bonds is 3. The van der Waals surface area contributed by atoms with Crippen molar-refractivity contribution < 1.29 is 4.79 Å². The van der Waals surface area contributed by atoms with Crippen LogP contribution in [0.3, 0.4) is 0 Å². The number of nitrogens with zero attached hydrogens (tertiary/aromatic N) is 1. The summed E-state index contributed by atoms with van der Waals surface area (Å²) in [5.41, 5.74) is 0. The van der Waals surface area contributed by atoms with E-state index in [1.54, 1.807) is 0 Å². The third-order valence-electron chi connectivity index (χ3n) is 4.55. The molecule has 0 spiro atoms. The molecule has 0 aromatic carbocycles. The average molecular weight is 238 g/mol. The summed E-state index contributed by atoms with van der Waals surface area (Å²) >= 11 is 0. The van der Waals surface area contributed by atoms with Crippen LogP contribution in [0.2, 0.25) is 0 Å². The zero-order valence-electron chi connectivity index (χ0n) is 11.6. The van der Waals surface area contributed by atoms with Gasteiger partial charge in [-0.05, 0) is 38.5 Å². The quantitative estimate of drug-likeness (QED) is 0.818. The summed E-state index contributed by atoms with van der Waals surface area (Å²) in [6, 6.07) is 0.421. The Morgan fingerprint density at radius 1 is 1.24 bits per heavy atom. The Bertz CT molecular complexity index is 284. The van der Waals surface area contributed by atoms with Gasteiger partial charge in [0.1, 0.15) is 0 Å². The van der Waals surface area contributed by atoms with Gasteiger partial charge in [-0.3, -0.25) is 10.1 Å². The molecular weight excluding hydrogens is 212 g/mol. The van der Waals surface area contributed by atoms with Crippen molar-refractivity contribution in [1.29, 1.82) is 0 Å². The number of carbonyl (C=O) groups is 1. The molecule has 98 valence electrons. The van der Waals surface area contributed by atoms with Gasteiger partial charge in [-0.2, -0.15) is 0 Å². The maximum absolute atomic E-state index is 12.4. The molecule has 3 unspecified atom stereocenters. The van der Waals surface area contributed by atoms with E-state index in [-0.39, 0.29) is 12.2 Å². The fourth-order valence-corrected chi connectivity index (χ4v) is 3.46. The van der Waals surface area contributed by atoms with E-state index in [1.165, 1.54) is 25.7 Å². The van der Waals surface area contributed by atoms with Crippen LogP contribution < -0.4 is 5.32 Å². The summed E-state index contributed by atoms with van der Waals surface area (Å²) in [5.74, 6) is 1.41. The van der Waals surface area contributed by atoms with Gasteiger partial charge >= 0.3 is 0 Å². The second kappa shape index (κ2) is 4.97. The van der Waals surface area contributed by atoms with Crippen molar-refractivity contribution in [3.05, 3.63) is 0 Å². The number of nitrogens with one attached hydrogen (secondary N) is 1. The molecule has 0 aromatic rings. The third kappa shape index (κ3) is 2.35. The van der Waals surface area contributed by atoms with E-state index >= 15 is 0 Å². The van der Waals surface area contributed by atoms with Gasteiger partial charge in [-0.1, -0.05) is 26.7 Å². The Morgan fingerprint density at radius 2 is 1.82 bits per heavy atom. The molecule has 0 bridgehead atoms. The zero-order chi connectivity index (χ0) is 12.6. The minimum atomic E-state index is 0.0221. The zero-order valence-corrected chi connectivity index (χ0v) is 11.6. The van der Waals surface area contributed by atoms with E-state index in [1.807, 2.05) is 0 Å². The first-order chi connectivity index (χ1) is 8.02. The lowest BCUT2D eigenvalue weighted by Gasteiger charge is -2.32. The number of carbonyl (C=O) groups excluding carboxylic acids is 1. The molecule has 1 heterocycles. The highest BCUT2D eigenvalue weighted by Crippen LogP contribution is 2.32. The molecule has 2 aliphatic rings. The van der Waals surface area contributed by atoms with Crippen LogP contribution in [0.4, 0.5) is 0 Å². The summed E-state index contributed by atoms with van der Waals surface area (Å²) in [5, 5.41) is 3.43. The Kier molecular flexibility index (Phi) is 3.76. The van der Waals surface area contributed by atoms with Gasteiger partial charge in [0.2, 0.25) is 5.91 Å². The summed E-state index contributed by atoms with van der Waals surface area (Å²) in [7, 11) is 0. The second-order valence-corrected chi connectivity index (χ2v) is 6.09. The lowest BCUT2D eigenvalue weighted by Crippen LogP contribution is -2.44. The van der Waals surface area contributed by atoms with Gasteiger partial charge in [0, 0.05) is 6.04 Å². The van der Waals surface area contributed by atoms with Gasteiger partial charge in [0.05, 0.1) is 12.2 Å². The van der Waals surface area contributed by atoms with E-state index in [4.69, 9.17) is 0 Å². The predicted molar refractivity (Wildman–Crippen MR) is 69.5 cm³/mol. The van der Waals surface area contributed by atoms with Crippen molar-refractivity contribution in [1.82, 2.24) is 10.2 Å². The molecular formula is C14H26N2O. The van der Waals surface area contributed by atoms with Crippen molar-refractivity contribution in [2.75, 3.05) is 0 Å². The smallest absolute Gasteiger partial charge is 0.241 e. The Morgan fingerprint density at radius 3 is 2.29 bits per heavy atom. The van der Waals surface area contributed by atoms with Crippen LogP contribution in [0.25, 0.3) is 0 Å². The summed E-state index contributed by atoms with van der Waals surface area (Å²) < 4.78 is 0. The van der Waals surface area contributed by atoms with Crippen molar-refractivity contribution in [2.45, 2.75) is 71.6 Å². The summed E-state index contributed by atoms with van der Waals surface area (Å²) in [6.07, 6.45) is 5.47. The molecule has 0 radical (unpaired) electrons. The normalized spacial score (nSPS) is 32.8. The van der Waals surface area contributed by atoms with Crippen LogP contribution in [0.5, 0.6) is 0 Å². The molecule has 1 saturated carbocycles. The molecule has 17 heavy (non-hydrogen) atoms. The Labute approximate surface area is 105 Å². The minimum Gasteiger partial charge on any atom is -0.323 e. The molecule has 3 nitrogen and oxygen atoms in total. The van der Waals surface area contributed by atoms with Crippen LogP contribution in [0.15, 0.2) is 0 Å². The van der Waals surface area contributed by atoms with Gasteiger partial charge in [-0.15, -0.1) is 0 Å². The molecule has 1 aliphatic heterocycles. The molecule has 1 aliphatic carbocycles. The van der Waals surface area contributed by atoms with Crippen molar-refractivity contribution in [3.63, 3.8) is 0 Å². The summed E-state index contributed by atoms with van der Waals surface area (Å²) in [4.78, 5) is 14.5. The number of amides is 1. The van der Waals surface area contributed by atoms with Crippen LogP contribution >= 0.6 is 0 Å². The summed E-state index contributed by atoms with van der Waals surface area (Å²) in [6.45, 7) is 8.58. The fraction of sp³-hybridized carbons (Fsp3) is 0.929. The molecule has 2 fully saturated rings. The van der Waals surface area contributed by atoms with E-state index in [0.717, 1.165) is 0 Å². The number of hydrogen-bond donors (Lipinski definition) is 1. The van der Waals surface area contributed by atoms with Crippen LogP contribution in [0, 0.1) is 11.8 Å². The highest BCUT2D eigenvalue weighted by atomic mass is 16.2. The molecule has 1 amide bonds. The number of hydrogen-bond acceptors (Lipinski definition) is 2. The second-order valence-electron chi connectivity index (χ2n) is 6.09. The fourth-order valence-electron chi connectivity index (χ4n) is 3.46. The van der Waals surface area contributed by atoms with E-state index in [0.29, 0.717) is 23.8 Å². The van der Waals surface area contributed by atoms with E-state index < -0.39 is 0 Å². The SMILES string of the molecule is CC(C)C1NC(C)N(C(C)C2CCCC2)C1=O. The largest absolute Gasteiger partial charge is 0.323 e. The third-order valence-corrected chi connectivity index (χ3v) is 4.55. The Hall–Kier alpha value is -0.570. The highest BCUT2D eigenvalue weighted by molar-refractivity contribution is 5.84. The molecule has 1 N–H and O–H groups in total. The van der Waals surface area contributed by atoms with Crippen LogP contribution in [-0.4, -0.2) is 29.1 Å². The van der Waals surface area contributed by atoms with Gasteiger partial charge in [0.15, 0.2) is 0 Å². The first-order valence-electron chi connectivity index (χ1n) is 7.10. The monoisotopic (exact) mass is 238 g/mol. The standard InChI is InChI=1S/C14H26N2O/c1-9(2)13-14(17)16(11(4)15-13)10(3)12-7-5-6-8-12/h9-13,15H,5-8H2,1-4H3. The highest BCUT2D eigenvalue weighted by Gasteiger charge is 2.42. The van der Waals surface area contributed by atoms with E-state index in [9.17, 15) is 4.79 Å². The van der Waals surface area contributed by atoms with Gasteiger partial charge < -0.3 is 4.90 Å². The molecule has 0 aromatic heterocycles. The minimum absolute atomic E-state index is 0.0221. The van der Waals surface area contributed by atoms with Crippen molar-refractivity contribution in [3.8, 4) is 0 Å². The topological polar surface area (TPSA) is 32.3 Å². The van der Waals surface area contributed by atoms with Crippen LogP contribution in [0.1, 0.15) is 53.4 Å². The van der Waals surface area contributed by atoms with Crippen molar-refractivity contribution in [2.24, 2.45) is 11.8 Å². The maximum atomic E-state index is 12.4. The first kappa shape index (κ1) is 12.9. The lowest BCUT2D eigenvalue weighted by atomic mass is 9.97. The molecule has 3 atom stereocenters. The lowest BCUT2D eigenvalue weighted by molar-refractivity contribution is -0.133. The maximum Gasteiger partial charge on any atom is 0.241 e. The molecule has 3 heteroatoms. The van der Waals surface area contributed by atoms with Gasteiger partial charge in [-0.25, -0.2) is 0 Å². The molecule has 2 rings (SSSR count). The van der Waals surface area contributed by atoms with Gasteiger partial charge in [0.25, 0.3) is 0 Å². The van der Waals surface area contributed by atoms with E-state index in [2.05, 4.69) is 37.9 Å². The molecule has 1 saturated heterocycles. The predicted octanol–water partition coefficient (Wildman–Crippen LogP) is 2.37. The Balaban J connectivity index is 2.07. The van der Waals surface area contributed by atoms with Crippen molar-refractivity contribution >= 4 is 5.91 Å². The first-order valence-corrected chi connectivity index (χ1v) is 7.10. The van der Waals surface area contributed by atoms with Crippen LogP contribution in [-0.2, 0) is 4.79 Å².